The maximum absolute atomic E-state index is 13.6. The molecule has 0 radical (unpaired) electrons. The molecule has 144 valence electrons. The van der Waals surface area contributed by atoms with Crippen molar-refractivity contribution in [1.82, 2.24) is 10.2 Å². The minimum atomic E-state index is -0.810. The quantitative estimate of drug-likeness (QED) is 0.838. The Balaban J connectivity index is 1.53. The first-order chi connectivity index (χ1) is 12.6. The molecular weight excluding hydrogens is 342 g/mol. The van der Waals surface area contributed by atoms with Gasteiger partial charge in [-0.15, -0.1) is 0 Å². The molecule has 1 N–H and O–H groups in total. The van der Waals surface area contributed by atoms with Crippen LogP contribution in [0.15, 0.2) is 18.2 Å². The summed E-state index contributed by atoms with van der Waals surface area (Å²) in [7, 11) is 0. The Morgan fingerprint density at radius 2 is 1.92 bits per heavy atom. The number of morpholine rings is 1. The largest absolute Gasteiger partial charge is 0.481 e. The highest BCUT2D eigenvalue weighted by molar-refractivity contribution is 5.77. The number of hydrogen-bond donors (Lipinski definition) is 1. The lowest BCUT2D eigenvalue weighted by molar-refractivity contribution is -0.124. The Bertz CT molecular complexity index is 615. The highest BCUT2D eigenvalue weighted by Gasteiger charge is 2.38. The molecule has 0 spiro atoms. The van der Waals surface area contributed by atoms with Gasteiger partial charge in [0.25, 0.3) is 5.91 Å². The van der Waals surface area contributed by atoms with E-state index in [9.17, 15) is 13.6 Å². The SMILES string of the molecule is O=C(COc1ccc(F)cc1F)NCC1(N2CCOCC2)CCCCC1. The maximum Gasteiger partial charge on any atom is 0.258 e. The fraction of sp³-hybridized carbons (Fsp3) is 0.632. The normalized spacial score (nSPS) is 20.5. The van der Waals surface area contributed by atoms with Crippen LogP contribution in [0.4, 0.5) is 8.78 Å². The monoisotopic (exact) mass is 368 g/mol. The van der Waals surface area contributed by atoms with Crippen molar-refractivity contribution >= 4 is 5.91 Å². The molecule has 0 atom stereocenters. The summed E-state index contributed by atoms with van der Waals surface area (Å²) >= 11 is 0. The Labute approximate surface area is 152 Å². The molecule has 1 amide bonds. The van der Waals surface area contributed by atoms with Gasteiger partial charge in [0.15, 0.2) is 18.2 Å². The topological polar surface area (TPSA) is 50.8 Å². The molecular formula is C19H26F2N2O3. The first kappa shape index (κ1) is 19.0. The minimum absolute atomic E-state index is 0.0290. The number of carbonyl (C=O) groups excluding carboxylic acids is 1. The number of ether oxygens (including phenoxy) is 2. The van der Waals surface area contributed by atoms with Crippen molar-refractivity contribution in [3.05, 3.63) is 29.8 Å². The van der Waals surface area contributed by atoms with Crippen LogP contribution in [-0.2, 0) is 9.53 Å². The summed E-state index contributed by atoms with van der Waals surface area (Å²) < 4.78 is 37.1. The molecule has 1 heterocycles. The van der Waals surface area contributed by atoms with Crippen LogP contribution in [0.2, 0.25) is 0 Å². The van der Waals surface area contributed by atoms with Gasteiger partial charge in [0.1, 0.15) is 5.82 Å². The van der Waals surface area contributed by atoms with Gasteiger partial charge in [0.2, 0.25) is 0 Å². The summed E-state index contributed by atoms with van der Waals surface area (Å²) in [5.74, 6) is -1.91. The van der Waals surface area contributed by atoms with Gasteiger partial charge in [-0.05, 0) is 25.0 Å². The van der Waals surface area contributed by atoms with Gasteiger partial charge >= 0.3 is 0 Å². The Morgan fingerprint density at radius 3 is 2.62 bits per heavy atom. The first-order valence-corrected chi connectivity index (χ1v) is 9.26. The number of carbonyl (C=O) groups is 1. The Hall–Kier alpha value is -1.73. The average molecular weight is 368 g/mol. The van der Waals surface area contributed by atoms with Crippen molar-refractivity contribution in [2.24, 2.45) is 0 Å². The smallest absolute Gasteiger partial charge is 0.258 e. The van der Waals surface area contributed by atoms with E-state index in [-0.39, 0.29) is 23.8 Å². The number of nitrogens with zero attached hydrogens (tertiary/aromatic N) is 1. The molecule has 26 heavy (non-hydrogen) atoms. The van der Waals surface area contributed by atoms with E-state index in [1.807, 2.05) is 0 Å². The lowest BCUT2D eigenvalue weighted by atomic mass is 9.79. The summed E-state index contributed by atoms with van der Waals surface area (Å²) in [6.45, 7) is 3.48. The fourth-order valence-corrected chi connectivity index (χ4v) is 3.90. The van der Waals surface area contributed by atoms with Gasteiger partial charge in [-0.1, -0.05) is 19.3 Å². The predicted octanol–water partition coefficient (Wildman–Crippen LogP) is 2.49. The summed E-state index contributed by atoms with van der Waals surface area (Å²) in [5, 5.41) is 2.95. The Morgan fingerprint density at radius 1 is 1.19 bits per heavy atom. The van der Waals surface area contributed by atoms with E-state index in [2.05, 4.69) is 10.2 Å². The third-order valence-electron chi connectivity index (χ3n) is 5.33. The van der Waals surface area contributed by atoms with Gasteiger partial charge in [0.05, 0.1) is 13.2 Å². The van der Waals surface area contributed by atoms with Crippen molar-refractivity contribution in [2.75, 3.05) is 39.5 Å². The van der Waals surface area contributed by atoms with Crippen LogP contribution in [-0.4, -0.2) is 55.8 Å². The molecule has 0 bridgehead atoms. The number of amides is 1. The number of nitrogens with one attached hydrogen (secondary N) is 1. The van der Waals surface area contributed by atoms with E-state index in [1.165, 1.54) is 12.5 Å². The summed E-state index contributed by atoms with van der Waals surface area (Å²) in [5.41, 5.74) is -0.0290. The first-order valence-electron chi connectivity index (χ1n) is 9.26. The molecule has 0 unspecified atom stereocenters. The summed E-state index contributed by atoms with van der Waals surface area (Å²) in [6.07, 6.45) is 5.66. The molecule has 7 heteroatoms. The zero-order valence-electron chi connectivity index (χ0n) is 14.9. The highest BCUT2D eigenvalue weighted by atomic mass is 19.1. The molecule has 1 saturated carbocycles. The molecule has 2 fully saturated rings. The highest BCUT2D eigenvalue weighted by Crippen LogP contribution is 2.33. The van der Waals surface area contributed by atoms with Crippen LogP contribution in [0.5, 0.6) is 5.75 Å². The van der Waals surface area contributed by atoms with E-state index in [1.54, 1.807) is 0 Å². The van der Waals surface area contributed by atoms with Gasteiger partial charge in [-0.25, -0.2) is 8.78 Å². The molecule has 3 rings (SSSR count). The molecule has 1 aliphatic heterocycles. The molecule has 0 aromatic heterocycles. The lowest BCUT2D eigenvalue weighted by Gasteiger charge is -2.48. The zero-order valence-corrected chi connectivity index (χ0v) is 14.9. The van der Waals surface area contributed by atoms with Crippen molar-refractivity contribution in [1.29, 1.82) is 0 Å². The van der Waals surface area contributed by atoms with Crippen LogP contribution in [0, 0.1) is 11.6 Å². The minimum Gasteiger partial charge on any atom is -0.481 e. The second-order valence-electron chi connectivity index (χ2n) is 7.02. The Kier molecular flexibility index (Phi) is 6.43. The number of rotatable bonds is 6. The van der Waals surface area contributed by atoms with E-state index < -0.39 is 11.6 Å². The van der Waals surface area contributed by atoms with Gasteiger partial charge in [-0.2, -0.15) is 0 Å². The number of hydrogen-bond acceptors (Lipinski definition) is 4. The standard InChI is InChI=1S/C19H26F2N2O3/c20-15-4-5-17(16(21)12-15)26-13-18(24)22-14-19(6-2-1-3-7-19)23-8-10-25-11-9-23/h4-5,12H,1-3,6-11,13-14H2,(H,22,24). The second kappa shape index (κ2) is 8.77. The summed E-state index contributed by atoms with van der Waals surface area (Å²) in [6, 6.07) is 3.03. The molecule has 5 nitrogen and oxygen atoms in total. The van der Waals surface area contributed by atoms with Gasteiger partial charge in [-0.3, -0.25) is 9.69 Å². The van der Waals surface area contributed by atoms with E-state index in [0.29, 0.717) is 6.54 Å². The fourth-order valence-electron chi connectivity index (χ4n) is 3.90. The van der Waals surface area contributed by atoms with E-state index in [4.69, 9.17) is 9.47 Å². The van der Waals surface area contributed by atoms with Crippen LogP contribution >= 0.6 is 0 Å². The van der Waals surface area contributed by atoms with Gasteiger partial charge < -0.3 is 14.8 Å². The molecule has 1 aromatic carbocycles. The molecule has 2 aliphatic rings. The number of benzene rings is 1. The molecule has 1 aromatic rings. The van der Waals surface area contributed by atoms with E-state index in [0.717, 1.165) is 64.1 Å². The van der Waals surface area contributed by atoms with Crippen LogP contribution in [0.3, 0.4) is 0 Å². The third-order valence-corrected chi connectivity index (χ3v) is 5.33. The lowest BCUT2D eigenvalue weighted by Crippen LogP contribution is -2.60. The second-order valence-corrected chi connectivity index (χ2v) is 7.02. The van der Waals surface area contributed by atoms with Crippen LogP contribution in [0.25, 0.3) is 0 Å². The molecule has 1 aliphatic carbocycles. The van der Waals surface area contributed by atoms with Gasteiger partial charge in [0, 0.05) is 31.2 Å². The predicted molar refractivity (Wildman–Crippen MR) is 93.1 cm³/mol. The summed E-state index contributed by atoms with van der Waals surface area (Å²) in [4.78, 5) is 14.6. The van der Waals surface area contributed by atoms with Crippen LogP contribution in [0.1, 0.15) is 32.1 Å². The van der Waals surface area contributed by atoms with Crippen molar-refractivity contribution in [2.45, 2.75) is 37.6 Å². The molecule has 1 saturated heterocycles. The average Bonchev–Trinajstić information content (AvgIpc) is 2.67. The third kappa shape index (κ3) is 4.71. The number of halogens is 2. The maximum atomic E-state index is 13.6. The van der Waals surface area contributed by atoms with Crippen molar-refractivity contribution < 1.29 is 23.0 Å². The van der Waals surface area contributed by atoms with Crippen molar-refractivity contribution in [3.63, 3.8) is 0 Å². The van der Waals surface area contributed by atoms with Crippen LogP contribution < -0.4 is 10.1 Å². The van der Waals surface area contributed by atoms with Crippen molar-refractivity contribution in [3.8, 4) is 5.75 Å². The zero-order chi connectivity index (χ0) is 18.4. The van der Waals surface area contributed by atoms with E-state index >= 15 is 0 Å².